The summed E-state index contributed by atoms with van der Waals surface area (Å²) in [6.45, 7) is 1.94. The zero-order chi connectivity index (χ0) is 15.4. The van der Waals surface area contributed by atoms with Gasteiger partial charge in [-0.3, -0.25) is 0 Å². The number of carbonyl (C=O) groups is 2. The van der Waals surface area contributed by atoms with Crippen molar-refractivity contribution in [3.8, 4) is 0 Å². The van der Waals surface area contributed by atoms with Gasteiger partial charge in [-0.2, -0.15) is 0 Å². The average molecular weight is 329 g/mol. The van der Waals surface area contributed by atoms with Crippen LogP contribution in [0.4, 0.5) is 4.79 Å². The van der Waals surface area contributed by atoms with Crippen molar-refractivity contribution in [2.24, 2.45) is 0 Å². The number of benzene rings is 1. The van der Waals surface area contributed by atoms with Gasteiger partial charge in [-0.1, -0.05) is 23.7 Å². The van der Waals surface area contributed by atoms with E-state index in [-0.39, 0.29) is 18.1 Å². The Morgan fingerprint density at radius 2 is 2.19 bits per heavy atom. The van der Waals surface area contributed by atoms with Gasteiger partial charge < -0.3 is 15.4 Å². The van der Waals surface area contributed by atoms with E-state index in [1.807, 2.05) is 0 Å². The molecule has 0 fully saturated rings. The molecular weight excluding hydrogens is 315 g/mol. The van der Waals surface area contributed by atoms with E-state index in [0.717, 1.165) is 0 Å². The Morgan fingerprint density at radius 1 is 1.43 bits per heavy atom. The van der Waals surface area contributed by atoms with Crippen LogP contribution in [0.15, 0.2) is 35.5 Å². The molecule has 0 aromatic heterocycles. The Hall–Kier alpha value is -1.72. The summed E-state index contributed by atoms with van der Waals surface area (Å²) in [4.78, 5) is 23.9. The Balaban J connectivity index is 2.49. The molecule has 0 saturated heterocycles. The van der Waals surface area contributed by atoms with Crippen molar-refractivity contribution in [2.45, 2.75) is 13.0 Å². The summed E-state index contributed by atoms with van der Waals surface area (Å²) in [7, 11) is 0. The second-order valence-corrected chi connectivity index (χ2v) is 5.04. The van der Waals surface area contributed by atoms with Gasteiger partial charge in [-0.15, -0.1) is 11.6 Å². The van der Waals surface area contributed by atoms with Gasteiger partial charge in [-0.25, -0.2) is 9.59 Å². The van der Waals surface area contributed by atoms with E-state index in [0.29, 0.717) is 16.3 Å². The summed E-state index contributed by atoms with van der Waals surface area (Å²) in [6.07, 6.45) is 0. The topological polar surface area (TPSA) is 67.4 Å². The minimum Gasteiger partial charge on any atom is -0.463 e. The normalized spacial score (nSPS) is 18.0. The van der Waals surface area contributed by atoms with Crippen LogP contribution in [0.5, 0.6) is 0 Å². The molecule has 7 heteroatoms. The molecule has 0 bridgehead atoms. The third-order valence-electron chi connectivity index (χ3n) is 2.96. The first-order valence-corrected chi connectivity index (χ1v) is 7.27. The molecule has 1 aromatic rings. The number of esters is 1. The molecule has 0 aliphatic carbocycles. The van der Waals surface area contributed by atoms with Gasteiger partial charge >= 0.3 is 12.0 Å². The summed E-state index contributed by atoms with van der Waals surface area (Å²) < 4.78 is 5.05. The van der Waals surface area contributed by atoms with Crippen molar-refractivity contribution >= 4 is 35.2 Å². The second kappa shape index (κ2) is 6.83. The fourth-order valence-corrected chi connectivity index (χ4v) is 2.52. The summed E-state index contributed by atoms with van der Waals surface area (Å²) in [5.74, 6) is -0.524. The number of rotatable bonds is 4. The van der Waals surface area contributed by atoms with Crippen LogP contribution in [0.2, 0.25) is 5.02 Å². The highest BCUT2D eigenvalue weighted by Crippen LogP contribution is 2.29. The number of nitrogens with one attached hydrogen (secondary N) is 2. The number of urea groups is 1. The molecule has 0 spiro atoms. The zero-order valence-electron chi connectivity index (χ0n) is 11.3. The Labute approximate surface area is 132 Å². The smallest absolute Gasteiger partial charge is 0.338 e. The molecule has 5 nitrogen and oxygen atoms in total. The quantitative estimate of drug-likeness (QED) is 0.659. The molecule has 1 aliphatic heterocycles. The molecule has 2 rings (SSSR count). The van der Waals surface area contributed by atoms with Crippen LogP contribution in [0, 0.1) is 0 Å². The highest BCUT2D eigenvalue weighted by atomic mass is 35.5. The number of hydrogen-bond acceptors (Lipinski definition) is 3. The number of alkyl halides is 1. The lowest BCUT2D eigenvalue weighted by molar-refractivity contribution is -0.139. The van der Waals surface area contributed by atoms with Crippen LogP contribution in [0.1, 0.15) is 18.5 Å². The molecule has 112 valence electrons. The van der Waals surface area contributed by atoms with Crippen LogP contribution in [0.25, 0.3) is 0 Å². The predicted molar refractivity (Wildman–Crippen MR) is 80.2 cm³/mol. The highest BCUT2D eigenvalue weighted by molar-refractivity contribution is 6.30. The SMILES string of the molecule is CCOC(=O)C1=C(CCl)NC(=O)NC1c1cccc(Cl)c1. The van der Waals surface area contributed by atoms with Crippen molar-refractivity contribution < 1.29 is 14.3 Å². The first-order chi connectivity index (χ1) is 10.1. The summed E-state index contributed by atoms with van der Waals surface area (Å²) >= 11 is 11.8. The Kier molecular flexibility index (Phi) is 5.09. The molecule has 2 N–H and O–H groups in total. The zero-order valence-corrected chi connectivity index (χ0v) is 12.8. The van der Waals surface area contributed by atoms with Crippen molar-refractivity contribution in [1.82, 2.24) is 10.6 Å². The van der Waals surface area contributed by atoms with Crippen LogP contribution >= 0.6 is 23.2 Å². The van der Waals surface area contributed by atoms with Gasteiger partial charge in [-0.05, 0) is 24.6 Å². The van der Waals surface area contributed by atoms with E-state index >= 15 is 0 Å². The molecule has 1 aromatic carbocycles. The van der Waals surface area contributed by atoms with Crippen molar-refractivity contribution in [2.75, 3.05) is 12.5 Å². The number of ether oxygens (including phenoxy) is 1. The van der Waals surface area contributed by atoms with Gasteiger partial charge in [0.15, 0.2) is 0 Å². The van der Waals surface area contributed by atoms with Crippen LogP contribution < -0.4 is 10.6 Å². The van der Waals surface area contributed by atoms with E-state index in [1.54, 1.807) is 31.2 Å². The maximum atomic E-state index is 12.2. The molecule has 1 heterocycles. The van der Waals surface area contributed by atoms with E-state index in [1.165, 1.54) is 0 Å². The van der Waals surface area contributed by atoms with Gasteiger partial charge in [0.05, 0.1) is 24.1 Å². The van der Waals surface area contributed by atoms with Gasteiger partial charge in [0.1, 0.15) is 0 Å². The van der Waals surface area contributed by atoms with Crippen LogP contribution in [0.3, 0.4) is 0 Å². The van der Waals surface area contributed by atoms with Crippen molar-refractivity contribution in [1.29, 1.82) is 0 Å². The molecule has 1 atom stereocenters. The fourth-order valence-electron chi connectivity index (χ4n) is 2.11. The molecule has 0 radical (unpaired) electrons. The number of hydrogen-bond donors (Lipinski definition) is 2. The summed E-state index contributed by atoms with van der Waals surface area (Å²) in [5, 5.41) is 5.73. The molecule has 21 heavy (non-hydrogen) atoms. The van der Waals surface area contributed by atoms with Gasteiger partial charge in [0.2, 0.25) is 0 Å². The Bertz CT molecular complexity index is 602. The maximum absolute atomic E-state index is 12.2. The summed E-state index contributed by atoms with van der Waals surface area (Å²) in [5.41, 5.74) is 1.31. The first-order valence-electron chi connectivity index (χ1n) is 6.36. The molecule has 0 saturated carbocycles. The molecule has 1 unspecified atom stereocenters. The number of carbonyl (C=O) groups excluding carboxylic acids is 2. The first kappa shape index (κ1) is 15.7. The van der Waals surface area contributed by atoms with Crippen molar-refractivity contribution in [3.05, 3.63) is 46.1 Å². The lowest BCUT2D eigenvalue weighted by Crippen LogP contribution is -2.46. The molecular formula is C14H14Cl2N2O3. The van der Waals surface area contributed by atoms with Crippen molar-refractivity contribution in [3.63, 3.8) is 0 Å². The molecule has 1 aliphatic rings. The highest BCUT2D eigenvalue weighted by Gasteiger charge is 2.33. The average Bonchev–Trinajstić information content (AvgIpc) is 2.46. The fraction of sp³-hybridized carbons (Fsp3) is 0.286. The maximum Gasteiger partial charge on any atom is 0.338 e. The lowest BCUT2D eigenvalue weighted by Gasteiger charge is -2.28. The minimum atomic E-state index is -0.648. The van der Waals surface area contributed by atoms with Gasteiger partial charge in [0, 0.05) is 10.7 Å². The number of amides is 2. The standard InChI is InChI=1S/C14H14Cl2N2O3/c1-2-21-13(19)11-10(7-15)17-14(20)18-12(11)8-4-3-5-9(16)6-8/h3-6,12H,2,7H2,1H3,(H2,17,18,20). The van der Waals surface area contributed by atoms with Gasteiger partial charge in [0.25, 0.3) is 0 Å². The second-order valence-electron chi connectivity index (χ2n) is 4.33. The predicted octanol–water partition coefficient (Wildman–Crippen LogP) is 2.75. The molecule has 2 amide bonds. The largest absolute Gasteiger partial charge is 0.463 e. The monoisotopic (exact) mass is 328 g/mol. The Morgan fingerprint density at radius 3 is 2.81 bits per heavy atom. The number of allylic oxidation sites excluding steroid dienone is 1. The van der Waals surface area contributed by atoms with E-state index < -0.39 is 18.0 Å². The third-order valence-corrected chi connectivity index (χ3v) is 3.47. The number of halogens is 2. The lowest BCUT2D eigenvalue weighted by atomic mass is 9.95. The van der Waals surface area contributed by atoms with E-state index in [4.69, 9.17) is 27.9 Å². The minimum absolute atomic E-state index is 0.00136. The third kappa shape index (κ3) is 3.49. The van der Waals surface area contributed by atoms with Crippen LogP contribution in [-0.4, -0.2) is 24.5 Å². The van der Waals surface area contributed by atoms with E-state index in [9.17, 15) is 9.59 Å². The van der Waals surface area contributed by atoms with E-state index in [2.05, 4.69) is 10.6 Å². The summed E-state index contributed by atoms with van der Waals surface area (Å²) in [6, 6.07) is 5.84. The van der Waals surface area contributed by atoms with Crippen LogP contribution in [-0.2, 0) is 9.53 Å².